The molecule has 2 saturated heterocycles. The van der Waals surface area contributed by atoms with E-state index >= 15 is 0 Å². The van der Waals surface area contributed by atoms with Gasteiger partial charge in [-0.05, 0) is 76.5 Å². The third-order valence-electron chi connectivity index (χ3n) is 6.96. The molecule has 3 aliphatic rings. The number of hydrogen-bond acceptors (Lipinski definition) is 4. The van der Waals surface area contributed by atoms with Gasteiger partial charge in [0.25, 0.3) is 0 Å². The summed E-state index contributed by atoms with van der Waals surface area (Å²) in [7, 11) is 0. The van der Waals surface area contributed by atoms with Crippen LogP contribution >= 0.6 is 0 Å². The Morgan fingerprint density at radius 3 is 2.31 bits per heavy atom. The molecule has 1 aromatic carbocycles. The highest BCUT2D eigenvalue weighted by Gasteiger charge is 2.54. The van der Waals surface area contributed by atoms with Gasteiger partial charge in [-0.25, -0.2) is 4.79 Å². The van der Waals surface area contributed by atoms with Gasteiger partial charge >= 0.3 is 12.7 Å². The molecule has 1 N–H and O–H groups in total. The second-order valence-corrected chi connectivity index (χ2v) is 10.4. The number of fused-ring (bicyclic) bond motifs is 2. The first kappa shape index (κ1) is 22.8. The van der Waals surface area contributed by atoms with Crippen molar-refractivity contribution in [2.45, 2.75) is 95.6 Å². The van der Waals surface area contributed by atoms with Crippen molar-refractivity contribution in [3.63, 3.8) is 0 Å². The number of halogens is 2. The van der Waals surface area contributed by atoms with E-state index in [1.807, 2.05) is 25.7 Å². The molecule has 2 aliphatic heterocycles. The summed E-state index contributed by atoms with van der Waals surface area (Å²) in [6.07, 6.45) is 3.67. The third-order valence-corrected chi connectivity index (χ3v) is 6.96. The Labute approximate surface area is 187 Å². The third kappa shape index (κ3) is 4.41. The van der Waals surface area contributed by atoms with Crippen LogP contribution < -0.4 is 10.1 Å². The van der Waals surface area contributed by atoms with Crippen LogP contribution in [0.15, 0.2) is 24.3 Å². The number of nitrogens with zero attached hydrogens (tertiary/aromatic N) is 1. The topological polar surface area (TPSA) is 67.9 Å². The molecule has 176 valence electrons. The molecule has 4 rings (SSSR count). The molecule has 1 aromatic rings. The normalized spacial score (nSPS) is 28.4. The van der Waals surface area contributed by atoms with Crippen molar-refractivity contribution < 1.29 is 27.8 Å². The number of alkyl halides is 2. The van der Waals surface area contributed by atoms with Crippen LogP contribution in [0.25, 0.3) is 0 Å². The zero-order valence-electron chi connectivity index (χ0n) is 19.1. The lowest BCUT2D eigenvalue weighted by Crippen LogP contribution is -2.60. The first-order chi connectivity index (χ1) is 15.0. The summed E-state index contributed by atoms with van der Waals surface area (Å²) in [6, 6.07) is 6.25. The predicted octanol–water partition coefficient (Wildman–Crippen LogP) is 4.61. The van der Waals surface area contributed by atoms with E-state index in [1.54, 1.807) is 12.1 Å². The van der Waals surface area contributed by atoms with Gasteiger partial charge in [0.2, 0.25) is 5.91 Å². The lowest BCUT2D eigenvalue weighted by molar-refractivity contribution is -0.125. The van der Waals surface area contributed by atoms with Gasteiger partial charge in [-0.1, -0.05) is 19.1 Å². The van der Waals surface area contributed by atoms with Crippen LogP contribution in [0.5, 0.6) is 5.75 Å². The van der Waals surface area contributed by atoms with Gasteiger partial charge in [-0.2, -0.15) is 8.78 Å². The number of amides is 2. The quantitative estimate of drug-likeness (QED) is 0.711. The Kier molecular flexibility index (Phi) is 5.84. The summed E-state index contributed by atoms with van der Waals surface area (Å²) in [5, 5.41) is 3.23. The zero-order chi connectivity index (χ0) is 23.3. The Morgan fingerprint density at radius 2 is 1.75 bits per heavy atom. The first-order valence-corrected chi connectivity index (χ1v) is 11.4. The van der Waals surface area contributed by atoms with Gasteiger partial charge in [0.15, 0.2) is 0 Å². The monoisotopic (exact) mass is 450 g/mol. The highest BCUT2D eigenvalue weighted by atomic mass is 19.3. The van der Waals surface area contributed by atoms with E-state index in [-0.39, 0.29) is 41.8 Å². The van der Waals surface area contributed by atoms with Crippen LogP contribution in [-0.2, 0) is 14.9 Å². The van der Waals surface area contributed by atoms with E-state index in [2.05, 4.69) is 17.0 Å². The molecule has 0 aromatic heterocycles. The Balaban J connectivity index is 1.47. The van der Waals surface area contributed by atoms with E-state index in [9.17, 15) is 18.4 Å². The molecule has 1 saturated carbocycles. The van der Waals surface area contributed by atoms with E-state index in [4.69, 9.17) is 4.74 Å². The molecule has 1 aliphatic carbocycles. The fourth-order valence-corrected chi connectivity index (χ4v) is 5.31. The lowest BCUT2D eigenvalue weighted by Gasteiger charge is -2.44. The minimum Gasteiger partial charge on any atom is -0.444 e. The molecular formula is C24H32F2N2O4. The van der Waals surface area contributed by atoms with Crippen molar-refractivity contribution in [2.75, 3.05) is 0 Å². The molecule has 2 heterocycles. The number of carbonyl (C=O) groups excluding carboxylic acids is 2. The molecule has 6 nitrogen and oxygen atoms in total. The summed E-state index contributed by atoms with van der Waals surface area (Å²) in [5.74, 6) is 0.269. The number of ether oxygens (including phenoxy) is 2. The van der Waals surface area contributed by atoms with Crippen LogP contribution in [0.4, 0.5) is 13.6 Å². The van der Waals surface area contributed by atoms with Gasteiger partial charge in [0.1, 0.15) is 11.4 Å². The molecular weight excluding hydrogens is 418 g/mol. The van der Waals surface area contributed by atoms with Crippen LogP contribution in [0.2, 0.25) is 0 Å². The summed E-state index contributed by atoms with van der Waals surface area (Å²) >= 11 is 0. The van der Waals surface area contributed by atoms with Crippen molar-refractivity contribution in [3.8, 4) is 5.75 Å². The zero-order valence-corrected chi connectivity index (χ0v) is 19.1. The largest absolute Gasteiger partial charge is 0.444 e. The SMILES string of the molecule is CC1CC(NC(=O)C2(c3ccc(OC(F)F)cc3)CC2)C2CCC1N2C(=O)OC(C)(C)C. The summed E-state index contributed by atoms with van der Waals surface area (Å²) in [4.78, 5) is 28.1. The van der Waals surface area contributed by atoms with Gasteiger partial charge < -0.3 is 14.8 Å². The maximum atomic E-state index is 13.3. The second-order valence-electron chi connectivity index (χ2n) is 10.4. The van der Waals surface area contributed by atoms with E-state index in [0.29, 0.717) is 12.8 Å². The maximum absolute atomic E-state index is 13.3. The molecule has 8 heteroatoms. The summed E-state index contributed by atoms with van der Waals surface area (Å²) in [5.41, 5.74) is -0.415. The van der Waals surface area contributed by atoms with Crippen molar-refractivity contribution in [3.05, 3.63) is 29.8 Å². The average Bonchev–Trinajstić information content (AvgIpc) is 3.40. The fraction of sp³-hybridized carbons (Fsp3) is 0.667. The molecule has 0 spiro atoms. The molecule has 0 radical (unpaired) electrons. The van der Waals surface area contributed by atoms with Crippen LogP contribution in [0.1, 0.15) is 65.4 Å². The maximum Gasteiger partial charge on any atom is 0.410 e. The minimum absolute atomic E-state index is 0.0632. The minimum atomic E-state index is -2.88. The molecule has 4 unspecified atom stereocenters. The van der Waals surface area contributed by atoms with Crippen LogP contribution in [0.3, 0.4) is 0 Å². The number of rotatable bonds is 5. The lowest BCUT2D eigenvalue weighted by atomic mass is 9.87. The van der Waals surface area contributed by atoms with Crippen molar-refractivity contribution in [2.24, 2.45) is 5.92 Å². The number of benzene rings is 1. The predicted molar refractivity (Wildman–Crippen MR) is 115 cm³/mol. The number of hydrogen-bond donors (Lipinski definition) is 1. The van der Waals surface area contributed by atoms with Crippen LogP contribution in [-0.4, -0.2) is 47.2 Å². The smallest absolute Gasteiger partial charge is 0.410 e. The Bertz CT molecular complexity index is 864. The summed E-state index contributed by atoms with van der Waals surface area (Å²) < 4.78 is 34.9. The Morgan fingerprint density at radius 1 is 1.12 bits per heavy atom. The van der Waals surface area contributed by atoms with Gasteiger partial charge in [0.05, 0.1) is 11.5 Å². The molecule has 2 bridgehead atoms. The van der Waals surface area contributed by atoms with Gasteiger partial charge in [-0.3, -0.25) is 9.69 Å². The molecule has 2 amide bonds. The fourth-order valence-electron chi connectivity index (χ4n) is 5.31. The Hall–Kier alpha value is -2.38. The second kappa shape index (κ2) is 8.19. The molecule has 32 heavy (non-hydrogen) atoms. The van der Waals surface area contributed by atoms with E-state index in [1.165, 1.54) is 12.1 Å². The summed E-state index contributed by atoms with van der Waals surface area (Å²) in [6.45, 7) is 4.81. The first-order valence-electron chi connectivity index (χ1n) is 11.4. The van der Waals surface area contributed by atoms with E-state index in [0.717, 1.165) is 24.8 Å². The van der Waals surface area contributed by atoms with Crippen molar-refractivity contribution in [1.82, 2.24) is 10.2 Å². The van der Waals surface area contributed by atoms with Crippen molar-refractivity contribution in [1.29, 1.82) is 0 Å². The molecule has 4 atom stereocenters. The highest BCUT2D eigenvalue weighted by Crippen LogP contribution is 2.49. The standard InChI is InChI=1S/C24H32F2N2O4/c1-14-13-17(19-10-9-18(14)28(19)22(30)32-23(2,3)4)27-20(29)24(11-12-24)15-5-7-16(8-6-15)31-21(25)26/h5-8,14,17-19,21H,9-13H2,1-4H3,(H,27,29). The highest BCUT2D eigenvalue weighted by molar-refractivity contribution is 5.91. The number of carbonyl (C=O) groups is 2. The average molecular weight is 451 g/mol. The number of nitrogens with one attached hydrogen (secondary N) is 1. The van der Waals surface area contributed by atoms with Crippen molar-refractivity contribution >= 4 is 12.0 Å². The van der Waals surface area contributed by atoms with E-state index < -0.39 is 17.6 Å². The number of piperidine rings is 1. The van der Waals surface area contributed by atoms with Crippen LogP contribution in [0, 0.1) is 5.92 Å². The van der Waals surface area contributed by atoms with Gasteiger partial charge in [0, 0.05) is 12.1 Å². The molecule has 3 fully saturated rings. The van der Waals surface area contributed by atoms with Gasteiger partial charge in [-0.15, -0.1) is 0 Å².